The zero-order chi connectivity index (χ0) is 14.8. The standard InChI is InChI=1S/C16H21FN2O2/c1-3-19-6-7-20-15(10-19)16(18-2)14-9-11-8-12(17)4-5-13(11)21-14/h4-5,8-9,15-16,18H,3,6-7,10H2,1-2H3. The normalized spacial score (nSPS) is 21.8. The summed E-state index contributed by atoms with van der Waals surface area (Å²) in [5.41, 5.74) is 0.704. The lowest BCUT2D eigenvalue weighted by molar-refractivity contribution is -0.0474. The molecule has 0 saturated carbocycles. The lowest BCUT2D eigenvalue weighted by Crippen LogP contribution is -2.47. The quantitative estimate of drug-likeness (QED) is 0.940. The van der Waals surface area contributed by atoms with Gasteiger partial charge in [0.2, 0.25) is 0 Å². The van der Waals surface area contributed by atoms with Crippen LogP contribution in [-0.2, 0) is 4.74 Å². The summed E-state index contributed by atoms with van der Waals surface area (Å²) >= 11 is 0. The number of morpholine rings is 1. The van der Waals surface area contributed by atoms with E-state index in [9.17, 15) is 4.39 Å². The Hall–Kier alpha value is -1.43. The second-order valence-electron chi connectivity index (χ2n) is 5.40. The summed E-state index contributed by atoms with van der Waals surface area (Å²) in [4.78, 5) is 2.36. The molecule has 1 aliphatic rings. The molecule has 4 nitrogen and oxygen atoms in total. The average molecular weight is 292 g/mol. The van der Waals surface area contributed by atoms with Crippen molar-refractivity contribution in [1.82, 2.24) is 10.2 Å². The van der Waals surface area contributed by atoms with E-state index in [1.165, 1.54) is 12.1 Å². The van der Waals surface area contributed by atoms with Crippen molar-refractivity contribution in [1.29, 1.82) is 0 Å². The summed E-state index contributed by atoms with van der Waals surface area (Å²) in [6.07, 6.45) is 0.0362. The van der Waals surface area contributed by atoms with Gasteiger partial charge in [-0.05, 0) is 37.9 Å². The minimum absolute atomic E-state index is 0.0326. The molecule has 1 saturated heterocycles. The third kappa shape index (κ3) is 2.95. The number of rotatable bonds is 4. The van der Waals surface area contributed by atoms with E-state index in [-0.39, 0.29) is 18.0 Å². The molecule has 1 fully saturated rings. The molecule has 0 amide bonds. The highest BCUT2D eigenvalue weighted by Crippen LogP contribution is 2.28. The van der Waals surface area contributed by atoms with Gasteiger partial charge in [-0.3, -0.25) is 4.90 Å². The number of nitrogens with zero attached hydrogens (tertiary/aromatic N) is 1. The van der Waals surface area contributed by atoms with Crippen LogP contribution in [0.25, 0.3) is 11.0 Å². The molecular formula is C16H21FN2O2. The molecule has 0 bridgehead atoms. The van der Waals surface area contributed by atoms with Crippen LogP contribution in [0.3, 0.4) is 0 Å². The highest BCUT2D eigenvalue weighted by atomic mass is 19.1. The van der Waals surface area contributed by atoms with E-state index in [2.05, 4.69) is 17.1 Å². The van der Waals surface area contributed by atoms with Crippen LogP contribution in [0, 0.1) is 5.82 Å². The van der Waals surface area contributed by atoms with Gasteiger partial charge in [0.05, 0.1) is 18.8 Å². The van der Waals surface area contributed by atoms with Gasteiger partial charge in [-0.25, -0.2) is 4.39 Å². The Balaban J connectivity index is 1.87. The third-order valence-electron chi connectivity index (χ3n) is 4.11. The van der Waals surface area contributed by atoms with Gasteiger partial charge in [0.15, 0.2) is 0 Å². The summed E-state index contributed by atoms with van der Waals surface area (Å²) in [6, 6.07) is 6.44. The lowest BCUT2D eigenvalue weighted by atomic mass is 10.1. The third-order valence-corrected chi connectivity index (χ3v) is 4.11. The fourth-order valence-corrected chi connectivity index (χ4v) is 2.92. The fourth-order valence-electron chi connectivity index (χ4n) is 2.92. The molecule has 2 atom stereocenters. The number of hydrogen-bond donors (Lipinski definition) is 1. The Labute approximate surface area is 123 Å². The van der Waals surface area contributed by atoms with Crippen molar-refractivity contribution in [2.75, 3.05) is 33.3 Å². The Bertz CT molecular complexity index is 613. The van der Waals surface area contributed by atoms with E-state index in [0.717, 1.165) is 37.4 Å². The maximum atomic E-state index is 13.3. The van der Waals surface area contributed by atoms with Crippen molar-refractivity contribution >= 4 is 11.0 Å². The molecule has 2 aromatic rings. The van der Waals surface area contributed by atoms with Gasteiger partial charge in [0.25, 0.3) is 0 Å². The van der Waals surface area contributed by atoms with Gasteiger partial charge in [0.1, 0.15) is 17.2 Å². The molecule has 0 aliphatic carbocycles. The number of ether oxygens (including phenoxy) is 1. The summed E-state index contributed by atoms with van der Waals surface area (Å²) in [5, 5.41) is 4.05. The molecule has 1 aromatic carbocycles. The predicted molar refractivity (Wildman–Crippen MR) is 79.8 cm³/mol. The summed E-state index contributed by atoms with van der Waals surface area (Å²) in [6.45, 7) is 5.73. The summed E-state index contributed by atoms with van der Waals surface area (Å²) in [7, 11) is 1.90. The first-order chi connectivity index (χ1) is 10.2. The monoisotopic (exact) mass is 292 g/mol. The molecule has 2 heterocycles. The van der Waals surface area contributed by atoms with Crippen LogP contribution in [0.4, 0.5) is 4.39 Å². The van der Waals surface area contributed by atoms with E-state index >= 15 is 0 Å². The zero-order valence-electron chi connectivity index (χ0n) is 12.4. The van der Waals surface area contributed by atoms with Gasteiger partial charge in [-0.1, -0.05) is 6.92 Å². The number of halogens is 1. The first kappa shape index (κ1) is 14.5. The number of likely N-dealkylation sites (N-methyl/N-ethyl adjacent to an activating group) is 2. The van der Waals surface area contributed by atoms with Crippen LogP contribution in [0.2, 0.25) is 0 Å². The van der Waals surface area contributed by atoms with Crippen molar-refractivity contribution in [3.8, 4) is 0 Å². The number of nitrogens with one attached hydrogen (secondary N) is 1. The molecule has 1 N–H and O–H groups in total. The first-order valence-electron chi connectivity index (χ1n) is 7.41. The topological polar surface area (TPSA) is 37.6 Å². The van der Waals surface area contributed by atoms with Crippen molar-refractivity contribution in [2.24, 2.45) is 0 Å². The molecular weight excluding hydrogens is 271 g/mol. The highest BCUT2D eigenvalue weighted by molar-refractivity contribution is 5.78. The Kier molecular flexibility index (Phi) is 4.24. The van der Waals surface area contributed by atoms with E-state index in [0.29, 0.717) is 5.58 Å². The maximum absolute atomic E-state index is 13.3. The van der Waals surface area contributed by atoms with E-state index < -0.39 is 0 Å². The van der Waals surface area contributed by atoms with Gasteiger partial charge < -0.3 is 14.5 Å². The minimum atomic E-state index is -0.248. The van der Waals surface area contributed by atoms with Crippen LogP contribution in [0.5, 0.6) is 0 Å². The Morgan fingerprint density at radius 3 is 3.05 bits per heavy atom. The van der Waals surface area contributed by atoms with E-state index in [1.807, 2.05) is 13.1 Å². The zero-order valence-corrected chi connectivity index (χ0v) is 12.4. The highest BCUT2D eigenvalue weighted by Gasteiger charge is 2.30. The molecule has 1 aromatic heterocycles. The molecule has 1 aliphatic heterocycles. The van der Waals surface area contributed by atoms with E-state index in [4.69, 9.17) is 9.15 Å². The maximum Gasteiger partial charge on any atom is 0.134 e. The average Bonchev–Trinajstić information content (AvgIpc) is 2.91. The van der Waals surface area contributed by atoms with Crippen LogP contribution >= 0.6 is 0 Å². The van der Waals surface area contributed by atoms with Gasteiger partial charge in [-0.15, -0.1) is 0 Å². The minimum Gasteiger partial charge on any atom is -0.459 e. The number of fused-ring (bicyclic) bond motifs is 1. The van der Waals surface area contributed by atoms with Crippen LogP contribution < -0.4 is 5.32 Å². The SMILES string of the molecule is CCN1CCOC(C(NC)c2cc3cc(F)ccc3o2)C1. The number of benzene rings is 1. The first-order valence-corrected chi connectivity index (χ1v) is 7.41. The van der Waals surface area contributed by atoms with Crippen molar-refractivity contribution in [2.45, 2.75) is 19.1 Å². The van der Waals surface area contributed by atoms with E-state index in [1.54, 1.807) is 6.07 Å². The number of furan rings is 1. The van der Waals surface area contributed by atoms with Gasteiger partial charge in [0, 0.05) is 18.5 Å². The molecule has 0 radical (unpaired) electrons. The smallest absolute Gasteiger partial charge is 0.134 e. The second kappa shape index (κ2) is 6.13. The number of hydrogen-bond acceptors (Lipinski definition) is 4. The van der Waals surface area contributed by atoms with Crippen molar-refractivity contribution in [3.05, 3.63) is 35.8 Å². The lowest BCUT2D eigenvalue weighted by Gasteiger charge is -2.35. The van der Waals surface area contributed by atoms with Crippen LogP contribution in [-0.4, -0.2) is 44.3 Å². The summed E-state index contributed by atoms with van der Waals surface area (Å²) in [5.74, 6) is 0.544. The molecule has 3 rings (SSSR count). The summed E-state index contributed by atoms with van der Waals surface area (Å²) < 4.78 is 25.1. The van der Waals surface area contributed by atoms with Gasteiger partial charge >= 0.3 is 0 Å². The van der Waals surface area contributed by atoms with Crippen LogP contribution in [0.1, 0.15) is 18.7 Å². The molecule has 114 valence electrons. The second-order valence-corrected chi connectivity index (χ2v) is 5.40. The Morgan fingerprint density at radius 2 is 2.29 bits per heavy atom. The molecule has 2 unspecified atom stereocenters. The predicted octanol–water partition coefficient (Wildman–Crippen LogP) is 2.55. The Morgan fingerprint density at radius 1 is 1.43 bits per heavy atom. The van der Waals surface area contributed by atoms with Crippen molar-refractivity contribution in [3.63, 3.8) is 0 Å². The van der Waals surface area contributed by atoms with Crippen molar-refractivity contribution < 1.29 is 13.5 Å². The molecule has 5 heteroatoms. The molecule has 21 heavy (non-hydrogen) atoms. The molecule has 0 spiro atoms. The largest absolute Gasteiger partial charge is 0.459 e. The van der Waals surface area contributed by atoms with Gasteiger partial charge in [-0.2, -0.15) is 0 Å². The van der Waals surface area contributed by atoms with Crippen LogP contribution in [0.15, 0.2) is 28.7 Å². The fraction of sp³-hybridized carbons (Fsp3) is 0.500.